The number of carbonyl (C=O) groups excluding carboxylic acids is 1. The standard InChI is InChI=1S/C31H22N4O8/c1-2-40-27-15-19(7-13-26(27)43-31(37)21-10-14-25-28(16-21)42-18-41-25)17-32-34-29(20-8-11-22(12-9-20)35(38)39)33-24-6-4-3-5-23(24)30(34)36/h3-17H,2,18H2,1H3. The van der Waals surface area contributed by atoms with Crippen molar-refractivity contribution in [2.75, 3.05) is 13.4 Å². The van der Waals surface area contributed by atoms with Gasteiger partial charge >= 0.3 is 5.97 Å². The molecule has 2 heterocycles. The largest absolute Gasteiger partial charge is 0.490 e. The van der Waals surface area contributed by atoms with Crippen LogP contribution in [0.15, 0.2) is 94.8 Å². The number of non-ortho nitro benzene ring substituents is 1. The lowest BCUT2D eigenvalue weighted by Gasteiger charge is -2.12. The molecule has 0 N–H and O–H groups in total. The number of carbonyl (C=O) groups is 1. The third kappa shape index (κ3) is 5.48. The molecule has 0 bridgehead atoms. The van der Waals surface area contributed by atoms with Crippen LogP contribution in [0.4, 0.5) is 5.69 Å². The Bertz CT molecular complexity index is 1970. The van der Waals surface area contributed by atoms with E-state index in [4.69, 9.17) is 18.9 Å². The molecule has 5 aromatic rings. The average Bonchev–Trinajstić information content (AvgIpc) is 3.50. The Morgan fingerprint density at radius 1 is 1.02 bits per heavy atom. The van der Waals surface area contributed by atoms with Crippen LogP contribution in [-0.2, 0) is 0 Å². The van der Waals surface area contributed by atoms with E-state index in [1.807, 2.05) is 0 Å². The third-order valence-electron chi connectivity index (χ3n) is 6.49. The van der Waals surface area contributed by atoms with Crippen molar-refractivity contribution < 1.29 is 28.7 Å². The summed E-state index contributed by atoms with van der Waals surface area (Å²) in [5, 5.41) is 15.9. The maximum atomic E-state index is 13.5. The molecule has 0 fully saturated rings. The molecule has 0 saturated heterocycles. The van der Waals surface area contributed by atoms with Gasteiger partial charge in [0.2, 0.25) is 6.79 Å². The van der Waals surface area contributed by atoms with E-state index in [1.54, 1.807) is 67.6 Å². The topological polar surface area (TPSA) is 144 Å². The van der Waals surface area contributed by atoms with Gasteiger partial charge in [-0.05, 0) is 73.2 Å². The number of ether oxygens (including phenoxy) is 4. The predicted octanol–water partition coefficient (Wildman–Crippen LogP) is 5.20. The van der Waals surface area contributed by atoms with E-state index in [2.05, 4.69) is 10.1 Å². The molecule has 0 unspecified atom stereocenters. The lowest BCUT2D eigenvalue weighted by atomic mass is 10.1. The predicted molar refractivity (Wildman–Crippen MR) is 156 cm³/mol. The molecule has 1 aromatic heterocycles. The molecule has 0 amide bonds. The van der Waals surface area contributed by atoms with Crippen LogP contribution in [0, 0.1) is 10.1 Å². The molecule has 0 atom stereocenters. The molecule has 1 aliphatic heterocycles. The summed E-state index contributed by atoms with van der Waals surface area (Å²) < 4.78 is 23.1. The fraction of sp³-hybridized carbons (Fsp3) is 0.0968. The maximum Gasteiger partial charge on any atom is 0.343 e. The van der Waals surface area contributed by atoms with Crippen LogP contribution in [0.3, 0.4) is 0 Å². The highest BCUT2D eigenvalue weighted by Crippen LogP contribution is 2.34. The third-order valence-corrected chi connectivity index (χ3v) is 6.49. The van der Waals surface area contributed by atoms with Gasteiger partial charge in [-0.25, -0.2) is 9.78 Å². The lowest BCUT2D eigenvalue weighted by molar-refractivity contribution is -0.384. The van der Waals surface area contributed by atoms with Crippen molar-refractivity contribution in [3.63, 3.8) is 0 Å². The first-order valence-corrected chi connectivity index (χ1v) is 13.1. The van der Waals surface area contributed by atoms with Gasteiger partial charge in [-0.3, -0.25) is 14.9 Å². The SMILES string of the molecule is CCOc1cc(C=Nn2c(-c3ccc([N+](=O)[O-])cc3)nc3ccccc3c2=O)ccc1OC(=O)c1ccc2c(c1)OCO2. The van der Waals surface area contributed by atoms with E-state index in [-0.39, 0.29) is 29.6 Å². The van der Waals surface area contributed by atoms with Crippen LogP contribution in [0.2, 0.25) is 0 Å². The molecule has 12 heteroatoms. The van der Waals surface area contributed by atoms with Crippen LogP contribution in [0.25, 0.3) is 22.3 Å². The highest BCUT2D eigenvalue weighted by atomic mass is 16.7. The average molecular weight is 579 g/mol. The van der Waals surface area contributed by atoms with Crippen LogP contribution in [0.5, 0.6) is 23.0 Å². The van der Waals surface area contributed by atoms with E-state index < -0.39 is 16.5 Å². The number of nitrogens with zero attached hydrogens (tertiary/aromatic N) is 4. The van der Waals surface area contributed by atoms with Gasteiger partial charge in [0.15, 0.2) is 28.8 Å². The fourth-order valence-electron chi connectivity index (χ4n) is 4.41. The molecule has 12 nitrogen and oxygen atoms in total. The van der Waals surface area contributed by atoms with Gasteiger partial charge in [-0.1, -0.05) is 12.1 Å². The Kier molecular flexibility index (Phi) is 7.23. The molecule has 1 aliphatic rings. The smallest absolute Gasteiger partial charge is 0.343 e. The van der Waals surface area contributed by atoms with E-state index in [0.29, 0.717) is 45.9 Å². The second-order valence-corrected chi connectivity index (χ2v) is 9.21. The Morgan fingerprint density at radius 2 is 1.81 bits per heavy atom. The minimum atomic E-state index is -0.609. The van der Waals surface area contributed by atoms with E-state index in [0.717, 1.165) is 4.68 Å². The van der Waals surface area contributed by atoms with Gasteiger partial charge in [0.1, 0.15) is 0 Å². The van der Waals surface area contributed by atoms with Crippen LogP contribution in [-0.4, -0.2) is 40.2 Å². The first kappa shape index (κ1) is 27.1. The summed E-state index contributed by atoms with van der Waals surface area (Å²) in [6.45, 7) is 2.18. The molecule has 0 radical (unpaired) electrons. The summed E-state index contributed by atoms with van der Waals surface area (Å²) in [4.78, 5) is 41.6. The van der Waals surface area contributed by atoms with E-state index >= 15 is 0 Å². The lowest BCUT2D eigenvalue weighted by Crippen LogP contribution is -2.20. The number of hydrogen-bond donors (Lipinski definition) is 0. The van der Waals surface area contributed by atoms with Crippen LogP contribution in [0.1, 0.15) is 22.8 Å². The minimum Gasteiger partial charge on any atom is -0.490 e. The van der Waals surface area contributed by atoms with Gasteiger partial charge in [-0.15, -0.1) is 0 Å². The number of benzene rings is 4. The van der Waals surface area contributed by atoms with Gasteiger partial charge in [0.05, 0.1) is 34.2 Å². The Hall–Kier alpha value is -6.04. The molecule has 0 aliphatic carbocycles. The van der Waals surface area contributed by atoms with Gasteiger partial charge < -0.3 is 18.9 Å². The van der Waals surface area contributed by atoms with E-state index in [9.17, 15) is 19.7 Å². The van der Waals surface area contributed by atoms with Crippen molar-refractivity contribution in [2.45, 2.75) is 6.92 Å². The molecular weight excluding hydrogens is 556 g/mol. The Morgan fingerprint density at radius 3 is 2.60 bits per heavy atom. The molecule has 43 heavy (non-hydrogen) atoms. The van der Waals surface area contributed by atoms with Crippen LogP contribution < -0.4 is 24.5 Å². The quantitative estimate of drug-likeness (QED) is 0.0797. The number of nitro groups is 1. The normalized spacial score (nSPS) is 12.0. The minimum absolute atomic E-state index is 0.0854. The van der Waals surface area contributed by atoms with Crippen LogP contribution >= 0.6 is 0 Å². The number of para-hydroxylation sites is 1. The number of hydrogen-bond acceptors (Lipinski definition) is 10. The summed E-state index contributed by atoms with van der Waals surface area (Å²) in [7, 11) is 0. The van der Waals surface area contributed by atoms with Crippen molar-refractivity contribution in [2.24, 2.45) is 5.10 Å². The van der Waals surface area contributed by atoms with Gasteiger partial charge in [0.25, 0.3) is 11.2 Å². The zero-order chi connectivity index (χ0) is 29.9. The summed E-state index contributed by atoms with van der Waals surface area (Å²) in [6.07, 6.45) is 1.44. The maximum absolute atomic E-state index is 13.5. The van der Waals surface area contributed by atoms with Crippen molar-refractivity contribution in [1.29, 1.82) is 0 Å². The zero-order valence-electron chi connectivity index (χ0n) is 22.6. The highest BCUT2D eigenvalue weighted by Gasteiger charge is 2.19. The van der Waals surface area contributed by atoms with Crippen molar-refractivity contribution in [3.05, 3.63) is 117 Å². The second kappa shape index (κ2) is 11.4. The van der Waals surface area contributed by atoms with Crippen molar-refractivity contribution >= 4 is 28.8 Å². The number of nitro benzene ring substituents is 1. The van der Waals surface area contributed by atoms with Crippen molar-refractivity contribution in [1.82, 2.24) is 9.66 Å². The molecule has 0 spiro atoms. The summed E-state index contributed by atoms with van der Waals surface area (Å²) in [6, 6.07) is 22.1. The number of esters is 1. The number of aromatic nitrogens is 2. The monoisotopic (exact) mass is 578 g/mol. The molecular formula is C31H22N4O8. The first-order valence-electron chi connectivity index (χ1n) is 13.1. The Labute approximate surface area is 243 Å². The van der Waals surface area contributed by atoms with Crippen molar-refractivity contribution in [3.8, 4) is 34.4 Å². The highest BCUT2D eigenvalue weighted by molar-refractivity contribution is 5.92. The first-order chi connectivity index (χ1) is 20.9. The Balaban J connectivity index is 1.33. The molecule has 6 rings (SSSR count). The number of rotatable bonds is 8. The zero-order valence-corrected chi connectivity index (χ0v) is 22.6. The number of fused-ring (bicyclic) bond motifs is 2. The molecule has 214 valence electrons. The summed E-state index contributed by atoms with van der Waals surface area (Å²) in [5.41, 5.74) is 1.23. The molecule has 4 aromatic carbocycles. The van der Waals surface area contributed by atoms with Gasteiger partial charge in [-0.2, -0.15) is 9.78 Å². The fourth-order valence-corrected chi connectivity index (χ4v) is 4.41. The summed E-state index contributed by atoms with van der Waals surface area (Å²) >= 11 is 0. The van der Waals surface area contributed by atoms with E-state index in [1.165, 1.54) is 30.5 Å². The molecule has 0 saturated carbocycles. The van der Waals surface area contributed by atoms with Gasteiger partial charge in [0, 0.05) is 17.7 Å². The second-order valence-electron chi connectivity index (χ2n) is 9.21. The summed E-state index contributed by atoms with van der Waals surface area (Å²) in [5.74, 6) is 1.08.